The van der Waals surface area contributed by atoms with Crippen LogP contribution in [0.4, 0.5) is 5.69 Å². The molecule has 0 radical (unpaired) electrons. The Labute approximate surface area is 211 Å². The van der Waals surface area contributed by atoms with E-state index < -0.39 is 17.7 Å². The van der Waals surface area contributed by atoms with Crippen molar-refractivity contribution in [3.05, 3.63) is 94.6 Å². The van der Waals surface area contributed by atoms with Gasteiger partial charge in [0.05, 0.1) is 18.2 Å². The fourth-order valence-electron chi connectivity index (χ4n) is 4.55. The molecule has 1 aliphatic heterocycles. The lowest BCUT2D eigenvalue weighted by atomic mass is 9.93. The fraction of sp³-hybridized carbons (Fsp3) is 0.267. The summed E-state index contributed by atoms with van der Waals surface area (Å²) >= 11 is 0. The average molecular weight is 486 g/mol. The molecule has 6 heteroatoms. The van der Waals surface area contributed by atoms with Gasteiger partial charge in [-0.1, -0.05) is 45.0 Å². The van der Waals surface area contributed by atoms with Crippen LogP contribution >= 0.6 is 0 Å². The molecule has 186 valence electrons. The van der Waals surface area contributed by atoms with Gasteiger partial charge in [0.15, 0.2) is 0 Å². The number of hydrogen-bond donors (Lipinski definition) is 2. The monoisotopic (exact) mass is 485 g/mol. The topological polar surface area (TPSA) is 87.1 Å². The van der Waals surface area contributed by atoms with Crippen molar-refractivity contribution < 1.29 is 24.5 Å². The van der Waals surface area contributed by atoms with E-state index in [2.05, 4.69) is 0 Å². The van der Waals surface area contributed by atoms with Crippen LogP contribution in [0.15, 0.2) is 72.3 Å². The van der Waals surface area contributed by atoms with E-state index in [1.165, 1.54) is 17.0 Å². The normalized spacial score (nSPS) is 17.1. The number of carbonyl (C=O) groups excluding carboxylic acids is 2. The number of rotatable bonds is 7. The number of aliphatic hydroxyl groups excluding tert-OH is 1. The Kier molecular flexibility index (Phi) is 7.15. The Hall–Kier alpha value is -4.06. The van der Waals surface area contributed by atoms with Crippen LogP contribution in [0.25, 0.3) is 5.76 Å². The number of nitrogens with zero attached hydrogens (tertiary/aromatic N) is 1. The number of carbonyl (C=O) groups is 2. The number of hydrogen-bond acceptors (Lipinski definition) is 5. The molecular formula is C30H31NO5. The molecule has 6 nitrogen and oxygen atoms in total. The summed E-state index contributed by atoms with van der Waals surface area (Å²) in [6, 6.07) is 18.2. The molecule has 4 rings (SSSR count). The average Bonchev–Trinajstić information content (AvgIpc) is 3.14. The largest absolute Gasteiger partial charge is 0.508 e. The lowest BCUT2D eigenvalue weighted by molar-refractivity contribution is -0.132. The number of aliphatic hydroxyl groups is 1. The molecule has 1 unspecified atom stereocenters. The van der Waals surface area contributed by atoms with Crippen molar-refractivity contribution in [1.82, 2.24) is 0 Å². The fourth-order valence-corrected chi connectivity index (χ4v) is 4.55. The summed E-state index contributed by atoms with van der Waals surface area (Å²) in [6.07, 6.45) is 0.844. The van der Waals surface area contributed by atoms with E-state index >= 15 is 0 Å². The summed E-state index contributed by atoms with van der Waals surface area (Å²) in [6.45, 7) is 8.51. The number of aryl methyl sites for hydroxylation is 1. The van der Waals surface area contributed by atoms with Crippen LogP contribution in [0, 0.1) is 0 Å². The zero-order valence-electron chi connectivity index (χ0n) is 21.0. The molecule has 3 aromatic rings. The highest BCUT2D eigenvalue weighted by atomic mass is 16.5. The molecule has 1 aliphatic rings. The zero-order chi connectivity index (χ0) is 26.0. The SMILES string of the molecule is CCOc1ccc(/C(O)=C2/C(=O)C(=O)N(c3ccc(CC)cc3)C2c2ccc(O)cc2)cc1C(C)C. The van der Waals surface area contributed by atoms with E-state index in [1.54, 1.807) is 24.3 Å². The van der Waals surface area contributed by atoms with Crippen LogP contribution in [-0.4, -0.2) is 28.5 Å². The first-order chi connectivity index (χ1) is 17.3. The molecule has 1 saturated heterocycles. The van der Waals surface area contributed by atoms with Crippen molar-refractivity contribution in [3.8, 4) is 11.5 Å². The maximum Gasteiger partial charge on any atom is 0.300 e. The first-order valence-electron chi connectivity index (χ1n) is 12.2. The molecule has 0 saturated carbocycles. The van der Waals surface area contributed by atoms with Gasteiger partial charge in [0.25, 0.3) is 11.7 Å². The quantitative estimate of drug-likeness (QED) is 0.240. The molecule has 2 N–H and O–H groups in total. The minimum absolute atomic E-state index is 0.00382. The summed E-state index contributed by atoms with van der Waals surface area (Å²) in [5.74, 6) is -0.818. The molecule has 3 aromatic carbocycles. The van der Waals surface area contributed by atoms with Gasteiger partial charge in [-0.15, -0.1) is 0 Å². The molecule has 1 amide bonds. The summed E-state index contributed by atoms with van der Waals surface area (Å²) in [4.78, 5) is 28.1. The third-order valence-electron chi connectivity index (χ3n) is 6.48. The lowest BCUT2D eigenvalue weighted by Crippen LogP contribution is -2.29. The molecule has 1 fully saturated rings. The second-order valence-electron chi connectivity index (χ2n) is 9.12. The number of amides is 1. The highest BCUT2D eigenvalue weighted by molar-refractivity contribution is 6.51. The molecule has 0 aromatic heterocycles. The van der Waals surface area contributed by atoms with Crippen molar-refractivity contribution in [2.75, 3.05) is 11.5 Å². The number of aromatic hydroxyl groups is 1. The van der Waals surface area contributed by atoms with Crippen molar-refractivity contribution in [2.45, 2.75) is 46.1 Å². The molecule has 36 heavy (non-hydrogen) atoms. The number of ketones is 1. The van der Waals surface area contributed by atoms with Gasteiger partial charge in [-0.3, -0.25) is 14.5 Å². The molecule has 1 heterocycles. The first-order valence-corrected chi connectivity index (χ1v) is 12.2. The van der Waals surface area contributed by atoms with Crippen LogP contribution in [-0.2, 0) is 16.0 Å². The maximum atomic E-state index is 13.4. The first kappa shape index (κ1) is 25.0. The second-order valence-corrected chi connectivity index (χ2v) is 9.12. The molecular weight excluding hydrogens is 454 g/mol. The summed E-state index contributed by atoms with van der Waals surface area (Å²) in [5.41, 5.74) is 3.59. The number of phenols is 1. The third kappa shape index (κ3) is 4.59. The van der Waals surface area contributed by atoms with Crippen LogP contribution in [0.5, 0.6) is 11.5 Å². The zero-order valence-corrected chi connectivity index (χ0v) is 21.0. The highest BCUT2D eigenvalue weighted by Gasteiger charge is 2.47. The van der Waals surface area contributed by atoms with Gasteiger partial charge in [0.1, 0.15) is 17.3 Å². The van der Waals surface area contributed by atoms with E-state index in [0.29, 0.717) is 23.4 Å². The van der Waals surface area contributed by atoms with Crippen LogP contribution in [0.2, 0.25) is 0 Å². The van der Waals surface area contributed by atoms with Gasteiger partial charge < -0.3 is 14.9 Å². The minimum atomic E-state index is -0.854. The van der Waals surface area contributed by atoms with E-state index in [-0.39, 0.29) is 23.0 Å². The Bertz CT molecular complexity index is 1310. The van der Waals surface area contributed by atoms with Crippen molar-refractivity contribution in [1.29, 1.82) is 0 Å². The predicted molar refractivity (Wildman–Crippen MR) is 140 cm³/mol. The van der Waals surface area contributed by atoms with Crippen LogP contribution in [0.3, 0.4) is 0 Å². The second kappa shape index (κ2) is 10.3. The molecule has 0 bridgehead atoms. The highest BCUT2D eigenvalue weighted by Crippen LogP contribution is 2.43. The van der Waals surface area contributed by atoms with Gasteiger partial charge in [-0.05, 0) is 78.4 Å². The number of Topliss-reactive ketones (excluding diaryl/α,β-unsaturated/α-hetero) is 1. The lowest BCUT2D eigenvalue weighted by Gasteiger charge is -2.25. The van der Waals surface area contributed by atoms with E-state index in [1.807, 2.05) is 58.0 Å². The summed E-state index contributed by atoms with van der Waals surface area (Å²) in [5, 5.41) is 21.3. The smallest absolute Gasteiger partial charge is 0.300 e. The minimum Gasteiger partial charge on any atom is -0.508 e. The summed E-state index contributed by atoms with van der Waals surface area (Å²) in [7, 11) is 0. The standard InChI is InChI=1S/C30H31NO5/c1-5-19-7-12-22(13-8-19)31-27(20-9-14-23(32)15-10-20)26(29(34)30(31)35)28(33)21-11-16-25(36-6-2)24(17-21)18(3)4/h7-18,27,32-33H,5-6H2,1-4H3/b28-26-. The van der Waals surface area contributed by atoms with Gasteiger partial charge in [0.2, 0.25) is 0 Å². The predicted octanol–water partition coefficient (Wildman–Crippen LogP) is 6.10. The van der Waals surface area contributed by atoms with Gasteiger partial charge >= 0.3 is 0 Å². The summed E-state index contributed by atoms with van der Waals surface area (Å²) < 4.78 is 5.74. The Morgan fingerprint density at radius 1 is 0.972 bits per heavy atom. The Balaban J connectivity index is 1.91. The molecule has 0 spiro atoms. The van der Waals surface area contributed by atoms with Gasteiger partial charge in [-0.2, -0.15) is 0 Å². The number of benzene rings is 3. The van der Waals surface area contributed by atoms with E-state index in [0.717, 1.165) is 23.3 Å². The van der Waals surface area contributed by atoms with Gasteiger partial charge in [0, 0.05) is 11.3 Å². The van der Waals surface area contributed by atoms with Gasteiger partial charge in [-0.25, -0.2) is 0 Å². The number of phenolic OH excluding ortho intramolecular Hbond substituents is 1. The molecule has 0 aliphatic carbocycles. The maximum absolute atomic E-state index is 13.4. The van der Waals surface area contributed by atoms with Crippen molar-refractivity contribution >= 4 is 23.1 Å². The van der Waals surface area contributed by atoms with Crippen molar-refractivity contribution in [3.63, 3.8) is 0 Å². The van der Waals surface area contributed by atoms with E-state index in [4.69, 9.17) is 4.74 Å². The molecule has 1 atom stereocenters. The number of ether oxygens (including phenoxy) is 1. The van der Waals surface area contributed by atoms with Crippen molar-refractivity contribution in [2.24, 2.45) is 0 Å². The number of anilines is 1. The van der Waals surface area contributed by atoms with Crippen LogP contribution in [0.1, 0.15) is 61.9 Å². The Morgan fingerprint density at radius 2 is 1.64 bits per heavy atom. The van der Waals surface area contributed by atoms with Crippen LogP contribution < -0.4 is 9.64 Å². The Morgan fingerprint density at radius 3 is 2.22 bits per heavy atom. The third-order valence-corrected chi connectivity index (χ3v) is 6.48. The van der Waals surface area contributed by atoms with E-state index in [9.17, 15) is 19.8 Å².